The number of anilines is 2. The summed E-state index contributed by atoms with van der Waals surface area (Å²) in [5, 5.41) is 18.9. The second kappa shape index (κ2) is 16.8. The molecule has 10 heteroatoms. The van der Waals surface area contributed by atoms with E-state index in [1.165, 1.54) is 36.0 Å². The summed E-state index contributed by atoms with van der Waals surface area (Å²) in [7, 11) is 0. The Morgan fingerprint density at radius 3 is 1.77 bits per heavy atom. The van der Waals surface area contributed by atoms with Crippen LogP contribution in [0.25, 0.3) is 17.2 Å². The van der Waals surface area contributed by atoms with E-state index >= 15 is 0 Å². The molecule has 1 atom stereocenters. The smallest absolute Gasteiger partial charge is 0.272 e. The van der Waals surface area contributed by atoms with Crippen molar-refractivity contribution in [3.05, 3.63) is 196 Å². The lowest BCUT2D eigenvalue weighted by Crippen LogP contribution is -2.30. The number of rotatable bonds is 12. The average Bonchev–Trinajstić information content (AvgIpc) is 3.18. The average molecular weight is 705 g/mol. The minimum atomic E-state index is -0.646. The molecule has 3 N–H and O–H groups in total. The number of benzene rings is 6. The Labute approximate surface area is 304 Å². The van der Waals surface area contributed by atoms with Crippen molar-refractivity contribution in [2.45, 2.75) is 10.1 Å². The van der Waals surface area contributed by atoms with Crippen molar-refractivity contribution in [3.63, 3.8) is 0 Å². The first-order chi connectivity index (χ1) is 25.3. The molecule has 3 amide bonds. The van der Waals surface area contributed by atoms with Crippen molar-refractivity contribution >= 4 is 52.6 Å². The molecule has 0 radical (unpaired) electrons. The molecule has 52 heavy (non-hydrogen) atoms. The number of amides is 3. The van der Waals surface area contributed by atoms with Crippen molar-refractivity contribution in [1.29, 1.82) is 0 Å². The minimum absolute atomic E-state index is 0.0619. The normalized spacial score (nSPS) is 11.6. The molecule has 1 unspecified atom stereocenters. The Balaban J connectivity index is 1.18. The maximum Gasteiger partial charge on any atom is 0.272 e. The van der Waals surface area contributed by atoms with Gasteiger partial charge >= 0.3 is 0 Å². The molecule has 0 bridgehead atoms. The molecule has 0 heterocycles. The van der Waals surface area contributed by atoms with Gasteiger partial charge in [0, 0.05) is 34.0 Å². The Kier molecular flexibility index (Phi) is 11.3. The molecular weight excluding hydrogens is 673 g/mol. The van der Waals surface area contributed by atoms with Crippen LogP contribution in [-0.4, -0.2) is 22.6 Å². The van der Waals surface area contributed by atoms with E-state index in [4.69, 9.17) is 0 Å². The van der Waals surface area contributed by atoms with E-state index in [0.717, 1.165) is 27.1 Å². The second-order valence-electron chi connectivity index (χ2n) is 11.5. The van der Waals surface area contributed by atoms with E-state index in [0.29, 0.717) is 16.9 Å². The maximum atomic E-state index is 13.7. The molecule has 0 spiro atoms. The molecule has 0 saturated heterocycles. The van der Waals surface area contributed by atoms with E-state index in [-0.39, 0.29) is 17.3 Å². The lowest BCUT2D eigenvalue weighted by Gasteiger charge is -2.17. The van der Waals surface area contributed by atoms with Gasteiger partial charge in [0.05, 0.1) is 4.92 Å². The van der Waals surface area contributed by atoms with Crippen LogP contribution in [0.2, 0.25) is 0 Å². The number of nitro groups is 1. The van der Waals surface area contributed by atoms with E-state index < -0.39 is 22.0 Å². The van der Waals surface area contributed by atoms with Gasteiger partial charge in [-0.15, -0.1) is 11.8 Å². The molecule has 6 aromatic rings. The first-order valence-electron chi connectivity index (χ1n) is 16.2. The highest BCUT2D eigenvalue weighted by Gasteiger charge is 2.23. The molecule has 256 valence electrons. The molecule has 0 aromatic heterocycles. The van der Waals surface area contributed by atoms with Crippen LogP contribution in [0.1, 0.15) is 26.7 Å². The topological polar surface area (TPSA) is 130 Å². The number of nitro benzene ring substituents is 1. The minimum Gasteiger partial charge on any atom is -0.325 e. The maximum absolute atomic E-state index is 13.7. The van der Waals surface area contributed by atoms with Gasteiger partial charge in [0.2, 0.25) is 5.91 Å². The third kappa shape index (κ3) is 9.26. The van der Waals surface area contributed by atoms with Crippen LogP contribution in [0.5, 0.6) is 0 Å². The molecule has 6 aromatic carbocycles. The van der Waals surface area contributed by atoms with E-state index in [1.54, 1.807) is 54.6 Å². The Morgan fingerprint density at radius 2 is 1.15 bits per heavy atom. The molecule has 6 rings (SSSR count). The highest BCUT2D eigenvalue weighted by atomic mass is 32.2. The number of hydrogen-bond donors (Lipinski definition) is 3. The largest absolute Gasteiger partial charge is 0.325 e. The van der Waals surface area contributed by atoms with Crippen LogP contribution >= 0.6 is 11.8 Å². The molecule has 0 aliphatic heterocycles. The fourth-order valence-electron chi connectivity index (χ4n) is 5.24. The van der Waals surface area contributed by atoms with Gasteiger partial charge in [-0.25, -0.2) is 0 Å². The standard InChI is InChI=1S/C42H32N4O5S/c47-40(33-14-8-3-9-15-33)45-38(28-29-16-18-31(19-17-29)30-10-4-1-5-11-30)41(48)43-35-22-26-37(27-23-35)52-39(32-12-6-2-7-13-32)42(49)44-34-20-24-36(25-21-34)46(50)51/h1-28,39H,(H,43,48)(H,44,49)(H,45,47)/b38-28-. The first-order valence-corrected chi connectivity index (χ1v) is 17.1. The van der Waals surface area contributed by atoms with Crippen molar-refractivity contribution < 1.29 is 19.3 Å². The highest BCUT2D eigenvalue weighted by Crippen LogP contribution is 2.37. The van der Waals surface area contributed by atoms with Crippen LogP contribution in [0.4, 0.5) is 17.1 Å². The van der Waals surface area contributed by atoms with Crippen molar-refractivity contribution in [3.8, 4) is 11.1 Å². The zero-order valence-corrected chi connectivity index (χ0v) is 28.5. The lowest BCUT2D eigenvalue weighted by molar-refractivity contribution is -0.384. The number of non-ortho nitro benzene ring substituents is 1. The monoisotopic (exact) mass is 704 g/mol. The molecule has 0 aliphatic rings. The summed E-state index contributed by atoms with van der Waals surface area (Å²) < 4.78 is 0. The summed E-state index contributed by atoms with van der Waals surface area (Å²) in [5.41, 5.74) is 4.90. The first kappa shape index (κ1) is 35.1. The summed E-state index contributed by atoms with van der Waals surface area (Å²) in [6.07, 6.45) is 1.63. The van der Waals surface area contributed by atoms with E-state index in [1.807, 2.05) is 91.0 Å². The fourth-order valence-corrected chi connectivity index (χ4v) is 6.26. The van der Waals surface area contributed by atoms with Crippen molar-refractivity contribution in [1.82, 2.24) is 5.32 Å². The number of nitrogens with one attached hydrogen (secondary N) is 3. The Morgan fingerprint density at radius 1 is 0.615 bits per heavy atom. The zero-order valence-electron chi connectivity index (χ0n) is 27.6. The predicted molar refractivity (Wildman–Crippen MR) is 206 cm³/mol. The van der Waals surface area contributed by atoms with Gasteiger partial charge in [0.25, 0.3) is 17.5 Å². The van der Waals surface area contributed by atoms with Gasteiger partial charge in [-0.3, -0.25) is 24.5 Å². The molecule has 9 nitrogen and oxygen atoms in total. The molecule has 0 saturated carbocycles. The Hall–Kier alpha value is -6.78. The van der Waals surface area contributed by atoms with Crippen molar-refractivity contribution in [2.75, 3.05) is 10.6 Å². The molecular formula is C42H32N4O5S. The second-order valence-corrected chi connectivity index (χ2v) is 12.7. The van der Waals surface area contributed by atoms with E-state index in [2.05, 4.69) is 16.0 Å². The van der Waals surface area contributed by atoms with Gasteiger partial charge in [-0.1, -0.05) is 103 Å². The number of thioether (sulfide) groups is 1. The number of nitrogens with zero attached hydrogens (tertiary/aromatic N) is 1. The fraction of sp³-hybridized carbons (Fsp3) is 0.0238. The van der Waals surface area contributed by atoms with Gasteiger partial charge in [0.1, 0.15) is 10.9 Å². The number of carbonyl (C=O) groups is 3. The van der Waals surface area contributed by atoms with E-state index in [9.17, 15) is 24.5 Å². The zero-order chi connectivity index (χ0) is 36.3. The highest BCUT2D eigenvalue weighted by molar-refractivity contribution is 8.00. The number of hydrogen-bond acceptors (Lipinski definition) is 6. The third-order valence-corrected chi connectivity index (χ3v) is 9.18. The van der Waals surface area contributed by atoms with Crippen LogP contribution < -0.4 is 16.0 Å². The molecule has 0 aliphatic carbocycles. The van der Waals surface area contributed by atoms with Crippen LogP contribution in [0, 0.1) is 10.1 Å². The third-order valence-electron chi connectivity index (χ3n) is 7.91. The quantitative estimate of drug-likeness (QED) is 0.0504. The summed E-state index contributed by atoms with van der Waals surface area (Å²) >= 11 is 1.32. The Bertz CT molecular complexity index is 2190. The van der Waals surface area contributed by atoms with Gasteiger partial charge in [-0.2, -0.15) is 0 Å². The van der Waals surface area contributed by atoms with Crippen LogP contribution in [0.15, 0.2) is 174 Å². The lowest BCUT2D eigenvalue weighted by atomic mass is 10.0. The predicted octanol–water partition coefficient (Wildman–Crippen LogP) is 9.14. The van der Waals surface area contributed by atoms with Gasteiger partial charge in [-0.05, 0) is 76.9 Å². The summed E-state index contributed by atoms with van der Waals surface area (Å²) in [6.45, 7) is 0. The molecule has 0 fully saturated rings. The number of carbonyl (C=O) groups excluding carboxylic acids is 3. The van der Waals surface area contributed by atoms with Gasteiger partial charge in [0.15, 0.2) is 0 Å². The van der Waals surface area contributed by atoms with Crippen LogP contribution in [0.3, 0.4) is 0 Å². The van der Waals surface area contributed by atoms with Crippen molar-refractivity contribution in [2.24, 2.45) is 0 Å². The van der Waals surface area contributed by atoms with Gasteiger partial charge < -0.3 is 16.0 Å². The summed E-state index contributed by atoms with van der Waals surface area (Å²) in [6, 6.07) is 48.2. The summed E-state index contributed by atoms with van der Waals surface area (Å²) in [5.74, 6) is -1.24. The summed E-state index contributed by atoms with van der Waals surface area (Å²) in [4.78, 5) is 51.6. The van der Waals surface area contributed by atoms with Crippen LogP contribution in [-0.2, 0) is 9.59 Å². The SMILES string of the molecule is O=C(Nc1ccc(SC(C(=O)Nc2ccc([N+](=O)[O-])cc2)c2ccccc2)cc1)/C(=C/c1ccc(-c2ccccc2)cc1)NC(=O)c1ccccc1.